The summed E-state index contributed by atoms with van der Waals surface area (Å²) in [6.45, 7) is 6.53. The van der Waals surface area contributed by atoms with Crippen molar-refractivity contribution in [3.63, 3.8) is 0 Å². The van der Waals surface area contributed by atoms with Crippen LogP contribution < -0.4 is 0 Å². The van der Waals surface area contributed by atoms with Crippen molar-refractivity contribution in [1.82, 2.24) is 14.5 Å². The minimum absolute atomic E-state index is 0.552. The Morgan fingerprint density at radius 2 is 0.935 bits per heavy atom. The van der Waals surface area contributed by atoms with E-state index in [1.165, 1.54) is 27.8 Å². The predicted octanol–water partition coefficient (Wildman–Crippen LogP) is 14.2. The minimum atomic E-state index is 0.552. The molecule has 0 aliphatic heterocycles. The van der Waals surface area contributed by atoms with Gasteiger partial charge >= 0.3 is 0 Å². The molecule has 8 aromatic carbocycles. The summed E-state index contributed by atoms with van der Waals surface area (Å²) in [7, 11) is 0. The second-order valence-corrected chi connectivity index (χ2v) is 15.9. The van der Waals surface area contributed by atoms with Gasteiger partial charge in [-0.3, -0.25) is 0 Å². The van der Waals surface area contributed by atoms with Crippen LogP contribution in [0, 0.1) is 43.4 Å². The highest BCUT2D eigenvalue weighted by atomic mass is 15.0. The number of aromatic nitrogens is 3. The molecule has 0 amide bonds. The zero-order valence-corrected chi connectivity index (χ0v) is 34.6. The first-order valence-corrected chi connectivity index (χ1v) is 20.7. The fraction of sp³-hybridized carbons (Fsp3) is 0.0526. The van der Waals surface area contributed by atoms with E-state index in [-0.39, 0.29) is 0 Å². The molecule has 5 nitrogen and oxygen atoms in total. The number of para-hydroxylation sites is 1. The average molecular weight is 794 g/mol. The maximum Gasteiger partial charge on any atom is 0.160 e. The van der Waals surface area contributed by atoms with E-state index in [4.69, 9.17) is 9.97 Å². The van der Waals surface area contributed by atoms with Crippen LogP contribution in [-0.2, 0) is 0 Å². The van der Waals surface area contributed by atoms with E-state index in [1.807, 2.05) is 78.9 Å². The highest BCUT2D eigenvalue weighted by Gasteiger charge is 2.24. The number of aryl methyl sites for hydroxylation is 3. The lowest BCUT2D eigenvalue weighted by Crippen LogP contribution is -2.03. The van der Waals surface area contributed by atoms with Crippen LogP contribution in [0.2, 0.25) is 0 Å². The molecular weight excluding hydrogens is 755 g/mol. The molecule has 0 N–H and O–H groups in total. The normalized spacial score (nSPS) is 11.1. The summed E-state index contributed by atoms with van der Waals surface area (Å²) in [5.74, 6) is 0.558. The molecule has 0 bridgehead atoms. The molecule has 62 heavy (non-hydrogen) atoms. The van der Waals surface area contributed by atoms with Crippen molar-refractivity contribution < 1.29 is 0 Å². The molecule has 0 atom stereocenters. The number of rotatable bonds is 7. The maximum absolute atomic E-state index is 10.2. The van der Waals surface area contributed by atoms with Gasteiger partial charge in [-0.2, -0.15) is 10.5 Å². The number of fused-ring (bicyclic) bond motifs is 3. The SMILES string of the molecule is Cc1cc(C)c(-c2ccc3c(c2)c2ccccc2n3-c2c(-c3cccc(C#N)c3)cc(-c3nc(-c4ccccc4)cc(-c4ccccc4)n3)cc2-c2cccc(C#N)c2)c(C)c1. The lowest BCUT2D eigenvalue weighted by atomic mass is 9.91. The number of benzene rings is 8. The van der Waals surface area contributed by atoms with Crippen LogP contribution in [0.5, 0.6) is 0 Å². The first-order valence-electron chi connectivity index (χ1n) is 20.7. The van der Waals surface area contributed by atoms with Crippen LogP contribution in [0.1, 0.15) is 27.8 Å². The molecule has 5 heteroatoms. The zero-order valence-electron chi connectivity index (χ0n) is 34.6. The molecule has 0 saturated carbocycles. The van der Waals surface area contributed by atoms with E-state index in [9.17, 15) is 10.5 Å². The van der Waals surface area contributed by atoms with Crippen LogP contribution in [0.3, 0.4) is 0 Å². The van der Waals surface area contributed by atoms with Crippen molar-refractivity contribution in [2.24, 2.45) is 0 Å². The van der Waals surface area contributed by atoms with Crippen LogP contribution in [-0.4, -0.2) is 14.5 Å². The molecule has 0 aliphatic rings. The molecule has 0 aliphatic carbocycles. The fourth-order valence-corrected chi connectivity index (χ4v) is 9.05. The van der Waals surface area contributed by atoms with E-state index in [0.717, 1.165) is 77.8 Å². The number of nitriles is 2. The highest BCUT2D eigenvalue weighted by Crippen LogP contribution is 2.45. The lowest BCUT2D eigenvalue weighted by Gasteiger charge is -2.21. The van der Waals surface area contributed by atoms with E-state index >= 15 is 0 Å². The molecule has 0 radical (unpaired) electrons. The molecule has 2 heterocycles. The quantitative estimate of drug-likeness (QED) is 0.161. The topological polar surface area (TPSA) is 78.3 Å². The monoisotopic (exact) mass is 793 g/mol. The summed E-state index contributed by atoms with van der Waals surface area (Å²) in [6, 6.07) is 66.9. The molecular formula is C57H39N5. The Morgan fingerprint density at radius 3 is 1.50 bits per heavy atom. The zero-order chi connectivity index (χ0) is 42.3. The highest BCUT2D eigenvalue weighted by molar-refractivity contribution is 6.12. The first kappa shape index (κ1) is 37.9. The Bertz CT molecular complexity index is 3300. The summed E-state index contributed by atoms with van der Waals surface area (Å²) in [4.78, 5) is 10.5. The predicted molar refractivity (Wildman–Crippen MR) is 253 cm³/mol. The molecule has 10 aromatic rings. The van der Waals surface area contributed by atoms with Crippen molar-refractivity contribution in [1.29, 1.82) is 10.5 Å². The Labute approximate surface area is 361 Å². The van der Waals surface area contributed by atoms with E-state index in [2.05, 4.69) is 141 Å². The van der Waals surface area contributed by atoms with E-state index in [0.29, 0.717) is 17.0 Å². The third-order valence-electron chi connectivity index (χ3n) is 11.7. The second kappa shape index (κ2) is 15.7. The smallest absolute Gasteiger partial charge is 0.160 e. The fourth-order valence-electron chi connectivity index (χ4n) is 9.05. The van der Waals surface area contributed by atoms with Gasteiger partial charge in [0, 0.05) is 38.6 Å². The van der Waals surface area contributed by atoms with Crippen LogP contribution >= 0.6 is 0 Å². The molecule has 0 saturated heterocycles. The van der Waals surface area contributed by atoms with Gasteiger partial charge in [0.2, 0.25) is 0 Å². The third-order valence-corrected chi connectivity index (χ3v) is 11.7. The number of nitrogens with zero attached hydrogens (tertiary/aromatic N) is 5. The molecule has 10 rings (SSSR count). The Kier molecular flexibility index (Phi) is 9.56. The van der Waals surface area contributed by atoms with Gasteiger partial charge in [-0.25, -0.2) is 9.97 Å². The van der Waals surface area contributed by atoms with Crippen molar-refractivity contribution >= 4 is 21.8 Å². The Hall–Kier alpha value is -8.38. The molecule has 2 aromatic heterocycles. The van der Waals surface area contributed by atoms with Crippen molar-refractivity contribution in [3.8, 4) is 85.1 Å². The van der Waals surface area contributed by atoms with Gasteiger partial charge in [-0.15, -0.1) is 0 Å². The van der Waals surface area contributed by atoms with Gasteiger partial charge in [0.15, 0.2) is 5.82 Å². The van der Waals surface area contributed by atoms with Crippen molar-refractivity contribution in [3.05, 3.63) is 210 Å². The second-order valence-electron chi connectivity index (χ2n) is 15.9. The van der Waals surface area contributed by atoms with Crippen LogP contribution in [0.4, 0.5) is 0 Å². The number of hydrogen-bond donors (Lipinski definition) is 0. The number of hydrogen-bond acceptors (Lipinski definition) is 4. The van der Waals surface area contributed by atoms with Gasteiger partial charge in [0.25, 0.3) is 0 Å². The first-order chi connectivity index (χ1) is 30.4. The molecule has 0 fully saturated rings. The summed E-state index contributed by atoms with van der Waals surface area (Å²) < 4.78 is 2.35. The van der Waals surface area contributed by atoms with Gasteiger partial charge < -0.3 is 4.57 Å². The Morgan fingerprint density at radius 1 is 0.419 bits per heavy atom. The van der Waals surface area contributed by atoms with Gasteiger partial charge in [0.1, 0.15) is 0 Å². The summed E-state index contributed by atoms with van der Waals surface area (Å²) in [6.07, 6.45) is 0. The van der Waals surface area contributed by atoms with Gasteiger partial charge in [-0.05, 0) is 115 Å². The minimum Gasteiger partial charge on any atom is -0.308 e. The van der Waals surface area contributed by atoms with Crippen LogP contribution in [0.15, 0.2) is 182 Å². The van der Waals surface area contributed by atoms with Crippen molar-refractivity contribution in [2.45, 2.75) is 20.8 Å². The van der Waals surface area contributed by atoms with Gasteiger partial charge in [-0.1, -0.05) is 127 Å². The standard InChI is InChI=1S/C57H39N5/c1-36-26-37(2)55(38(3)27-36)45-24-25-54-50(30-45)47-22-10-11-23-53(47)62(54)56-48(43-20-12-14-39(28-43)34-58)31-46(32-49(56)44-21-13-15-40(29-44)35-59)57-60-51(41-16-6-4-7-17-41)33-52(61-57)42-18-8-5-9-19-42/h4-33H,1-3H3. The molecule has 0 unspecified atom stereocenters. The largest absolute Gasteiger partial charge is 0.308 e. The maximum atomic E-state index is 10.2. The summed E-state index contributed by atoms with van der Waals surface area (Å²) in [5, 5.41) is 22.7. The van der Waals surface area contributed by atoms with Crippen LogP contribution in [0.25, 0.3) is 94.8 Å². The van der Waals surface area contributed by atoms with Gasteiger partial charge in [0.05, 0.1) is 51.4 Å². The lowest BCUT2D eigenvalue weighted by molar-refractivity contribution is 1.16. The summed E-state index contributed by atoms with van der Waals surface area (Å²) in [5.41, 5.74) is 18.1. The van der Waals surface area contributed by atoms with Crippen molar-refractivity contribution in [2.75, 3.05) is 0 Å². The Balaban J connectivity index is 1.33. The third kappa shape index (κ3) is 6.79. The average Bonchev–Trinajstić information content (AvgIpc) is 3.64. The van der Waals surface area contributed by atoms with E-state index in [1.54, 1.807) is 0 Å². The molecule has 292 valence electrons. The van der Waals surface area contributed by atoms with E-state index < -0.39 is 0 Å². The summed E-state index contributed by atoms with van der Waals surface area (Å²) >= 11 is 0. The molecule has 0 spiro atoms.